The third-order valence-corrected chi connectivity index (χ3v) is 3.34. The van der Waals surface area contributed by atoms with Crippen LogP contribution in [-0.2, 0) is 4.74 Å². The van der Waals surface area contributed by atoms with Crippen LogP contribution in [0.15, 0.2) is 0 Å². The van der Waals surface area contributed by atoms with E-state index in [2.05, 4.69) is 20.8 Å². The van der Waals surface area contributed by atoms with E-state index >= 15 is 0 Å². The van der Waals surface area contributed by atoms with Crippen molar-refractivity contribution in [2.75, 3.05) is 0 Å². The molecule has 0 aromatic heterocycles. The number of rotatable bonds is 2. The van der Waals surface area contributed by atoms with Gasteiger partial charge in [0.1, 0.15) is 6.10 Å². The van der Waals surface area contributed by atoms with E-state index in [4.69, 9.17) is 10.6 Å². The molecule has 1 aliphatic rings. The van der Waals surface area contributed by atoms with Crippen LogP contribution >= 0.6 is 0 Å². The van der Waals surface area contributed by atoms with E-state index in [1.54, 1.807) is 0 Å². The summed E-state index contributed by atoms with van der Waals surface area (Å²) >= 11 is 0. The summed E-state index contributed by atoms with van der Waals surface area (Å²) in [5, 5.41) is 0. The molecule has 1 fully saturated rings. The fraction of sp³-hybridized carbons (Fsp3) is 0.909. The van der Waals surface area contributed by atoms with Crippen molar-refractivity contribution in [3.63, 3.8) is 0 Å². The average Bonchev–Trinajstić information content (AvgIpc) is 2.17. The number of nitrogens with two attached hydrogens (primary N) is 1. The Morgan fingerprint density at radius 1 is 1.47 bits per heavy atom. The Labute approximate surface area is 91.5 Å². The molecule has 1 rings (SSSR count). The summed E-state index contributed by atoms with van der Waals surface area (Å²) in [7, 11) is 0. The maximum absolute atomic E-state index is 11.1. The lowest BCUT2D eigenvalue weighted by Crippen LogP contribution is -2.40. The smallest absolute Gasteiger partial charge is 0.421 e. The molecule has 0 spiro atoms. The third kappa shape index (κ3) is 3.38. The number of hydrogen-bond donors (Lipinski definition) is 2. The van der Waals surface area contributed by atoms with E-state index in [-0.39, 0.29) is 6.10 Å². The van der Waals surface area contributed by atoms with Gasteiger partial charge < -0.3 is 4.74 Å². The van der Waals surface area contributed by atoms with E-state index in [0.29, 0.717) is 17.8 Å². The minimum absolute atomic E-state index is 0.0253. The van der Waals surface area contributed by atoms with E-state index in [1.807, 2.05) is 5.43 Å². The zero-order chi connectivity index (χ0) is 11.4. The van der Waals surface area contributed by atoms with Gasteiger partial charge in [0, 0.05) is 0 Å². The second-order valence-electron chi connectivity index (χ2n) is 4.91. The molecule has 0 radical (unpaired) electrons. The van der Waals surface area contributed by atoms with Gasteiger partial charge in [0.25, 0.3) is 0 Å². The zero-order valence-corrected chi connectivity index (χ0v) is 9.82. The second-order valence-corrected chi connectivity index (χ2v) is 4.91. The van der Waals surface area contributed by atoms with Gasteiger partial charge in [-0.3, -0.25) is 5.43 Å². The SMILES string of the molecule is CC(C)[C@@H]1CC[C@@H](C)C[C@H]1OC(=O)NN. The summed E-state index contributed by atoms with van der Waals surface area (Å²) in [5.41, 5.74) is 2.03. The van der Waals surface area contributed by atoms with Crippen molar-refractivity contribution < 1.29 is 9.53 Å². The van der Waals surface area contributed by atoms with Crippen molar-refractivity contribution in [1.82, 2.24) is 5.43 Å². The van der Waals surface area contributed by atoms with Gasteiger partial charge in [0.2, 0.25) is 0 Å². The molecule has 0 aliphatic heterocycles. The largest absolute Gasteiger partial charge is 0.445 e. The van der Waals surface area contributed by atoms with Crippen LogP contribution in [-0.4, -0.2) is 12.2 Å². The Balaban J connectivity index is 2.57. The van der Waals surface area contributed by atoms with Crippen LogP contribution in [0.25, 0.3) is 0 Å². The van der Waals surface area contributed by atoms with Crippen molar-refractivity contribution in [2.45, 2.75) is 46.1 Å². The molecule has 0 heterocycles. The van der Waals surface area contributed by atoms with Gasteiger partial charge in [-0.2, -0.15) is 0 Å². The topological polar surface area (TPSA) is 64.3 Å². The molecule has 0 aromatic rings. The first-order valence-electron chi connectivity index (χ1n) is 5.71. The van der Waals surface area contributed by atoms with Crippen LogP contribution in [0.4, 0.5) is 4.79 Å². The lowest BCUT2D eigenvalue weighted by Gasteiger charge is -2.36. The Morgan fingerprint density at radius 2 is 2.13 bits per heavy atom. The van der Waals surface area contributed by atoms with Crippen LogP contribution in [0.5, 0.6) is 0 Å². The van der Waals surface area contributed by atoms with Crippen LogP contribution in [0.3, 0.4) is 0 Å². The van der Waals surface area contributed by atoms with Crippen LogP contribution < -0.4 is 11.3 Å². The van der Waals surface area contributed by atoms with Crippen LogP contribution in [0.1, 0.15) is 40.0 Å². The van der Waals surface area contributed by atoms with Gasteiger partial charge in [-0.05, 0) is 30.6 Å². The highest BCUT2D eigenvalue weighted by atomic mass is 16.6. The number of nitrogens with one attached hydrogen (secondary N) is 1. The van der Waals surface area contributed by atoms with Gasteiger partial charge in [-0.15, -0.1) is 0 Å². The molecule has 0 bridgehead atoms. The maximum Gasteiger partial charge on any atom is 0.421 e. The van der Waals surface area contributed by atoms with E-state index in [9.17, 15) is 4.79 Å². The number of amides is 1. The summed E-state index contributed by atoms with van der Waals surface area (Å²) in [5.74, 6) is 6.68. The quantitative estimate of drug-likeness (QED) is 0.420. The van der Waals surface area contributed by atoms with E-state index < -0.39 is 6.09 Å². The molecule has 4 nitrogen and oxygen atoms in total. The summed E-state index contributed by atoms with van der Waals surface area (Å²) in [4.78, 5) is 11.1. The second kappa shape index (κ2) is 5.35. The lowest BCUT2D eigenvalue weighted by atomic mass is 9.75. The minimum Gasteiger partial charge on any atom is -0.445 e. The Morgan fingerprint density at radius 3 is 2.67 bits per heavy atom. The molecule has 15 heavy (non-hydrogen) atoms. The van der Waals surface area contributed by atoms with E-state index in [0.717, 1.165) is 12.8 Å². The van der Waals surface area contributed by atoms with Gasteiger partial charge in [0.15, 0.2) is 0 Å². The predicted octanol–water partition coefficient (Wildman–Crippen LogP) is 2.05. The number of ether oxygens (including phenoxy) is 1. The number of carbonyl (C=O) groups excluding carboxylic acids is 1. The summed E-state index contributed by atoms with van der Waals surface area (Å²) in [6, 6.07) is 0. The zero-order valence-electron chi connectivity index (χ0n) is 9.82. The molecule has 1 saturated carbocycles. The number of hydrazine groups is 1. The van der Waals surface area contributed by atoms with Crippen molar-refractivity contribution in [2.24, 2.45) is 23.6 Å². The summed E-state index contributed by atoms with van der Waals surface area (Å²) in [6.45, 7) is 6.56. The van der Waals surface area contributed by atoms with Gasteiger partial charge in [0.05, 0.1) is 0 Å². The molecule has 1 aliphatic carbocycles. The molecule has 4 heteroatoms. The van der Waals surface area contributed by atoms with Crippen molar-refractivity contribution in [3.05, 3.63) is 0 Å². The highest BCUT2D eigenvalue weighted by Gasteiger charge is 2.33. The molecule has 1 amide bonds. The van der Waals surface area contributed by atoms with Gasteiger partial charge in [-0.25, -0.2) is 10.6 Å². The van der Waals surface area contributed by atoms with Crippen molar-refractivity contribution in [1.29, 1.82) is 0 Å². The maximum atomic E-state index is 11.1. The normalized spacial score (nSPS) is 31.4. The fourth-order valence-electron chi connectivity index (χ4n) is 2.42. The van der Waals surface area contributed by atoms with E-state index in [1.165, 1.54) is 6.42 Å². The minimum atomic E-state index is -0.514. The number of hydrogen-bond acceptors (Lipinski definition) is 3. The first-order valence-corrected chi connectivity index (χ1v) is 5.71. The molecular weight excluding hydrogens is 192 g/mol. The third-order valence-electron chi connectivity index (χ3n) is 3.34. The molecule has 0 unspecified atom stereocenters. The Kier molecular flexibility index (Phi) is 4.39. The fourth-order valence-corrected chi connectivity index (χ4v) is 2.42. The summed E-state index contributed by atoms with van der Waals surface area (Å²) < 4.78 is 5.31. The lowest BCUT2D eigenvalue weighted by molar-refractivity contribution is 0.00622. The highest BCUT2D eigenvalue weighted by Crippen LogP contribution is 2.35. The van der Waals surface area contributed by atoms with Crippen molar-refractivity contribution in [3.8, 4) is 0 Å². The Bertz CT molecular complexity index is 219. The highest BCUT2D eigenvalue weighted by molar-refractivity contribution is 5.66. The Hall–Kier alpha value is -0.770. The van der Waals surface area contributed by atoms with Gasteiger partial charge in [-0.1, -0.05) is 27.2 Å². The standard InChI is InChI=1S/C11H22N2O2/c1-7(2)9-5-4-8(3)6-10(9)15-11(14)13-12/h7-10H,4-6,12H2,1-3H3,(H,13,14)/t8-,9+,10-/m1/s1. The van der Waals surface area contributed by atoms with Gasteiger partial charge >= 0.3 is 6.09 Å². The van der Waals surface area contributed by atoms with Crippen LogP contribution in [0, 0.1) is 17.8 Å². The molecular formula is C11H22N2O2. The monoisotopic (exact) mass is 214 g/mol. The molecule has 88 valence electrons. The molecule has 0 saturated heterocycles. The molecule has 3 atom stereocenters. The predicted molar refractivity (Wildman–Crippen MR) is 58.9 cm³/mol. The first kappa shape index (κ1) is 12.3. The average molecular weight is 214 g/mol. The molecule has 3 N–H and O–H groups in total. The first-order chi connectivity index (χ1) is 7.04. The number of carbonyl (C=O) groups is 1. The summed E-state index contributed by atoms with van der Waals surface area (Å²) in [6.07, 6.45) is 2.84. The molecule has 0 aromatic carbocycles. The van der Waals surface area contributed by atoms with Crippen molar-refractivity contribution >= 4 is 6.09 Å². The van der Waals surface area contributed by atoms with Crippen LogP contribution in [0.2, 0.25) is 0 Å².